The maximum atomic E-state index is 12.3. The van der Waals surface area contributed by atoms with Crippen molar-refractivity contribution in [3.63, 3.8) is 0 Å². The van der Waals surface area contributed by atoms with Crippen LogP contribution in [-0.4, -0.2) is 52.9 Å². The molecule has 0 bridgehead atoms. The van der Waals surface area contributed by atoms with Crippen LogP contribution in [0.2, 0.25) is 5.02 Å². The Morgan fingerprint density at radius 3 is 2.50 bits per heavy atom. The van der Waals surface area contributed by atoms with E-state index in [1.165, 1.54) is 22.6 Å². The normalized spacial score (nSPS) is 10.8. The van der Waals surface area contributed by atoms with Crippen LogP contribution in [0.5, 0.6) is 0 Å². The predicted molar refractivity (Wildman–Crippen MR) is 91.0 cm³/mol. The van der Waals surface area contributed by atoms with Crippen LogP contribution >= 0.6 is 11.6 Å². The summed E-state index contributed by atoms with van der Waals surface area (Å²) >= 11 is 5.86. The fourth-order valence-electron chi connectivity index (χ4n) is 2.41. The Balaban J connectivity index is 2.13. The second-order valence-electron chi connectivity index (χ2n) is 5.38. The molecule has 0 radical (unpaired) electrons. The molecule has 1 aromatic carbocycles. The number of benzene rings is 1. The molecule has 2 rings (SSSR count). The summed E-state index contributed by atoms with van der Waals surface area (Å²) in [7, 11) is 1.54. The third kappa shape index (κ3) is 3.79. The van der Waals surface area contributed by atoms with Crippen molar-refractivity contribution < 1.29 is 14.0 Å². The topological polar surface area (TPSA) is 75.8 Å². The highest BCUT2D eigenvalue weighted by molar-refractivity contribution is 6.31. The minimum Gasteiger partial charge on any atom is -0.408 e. The average molecular weight is 354 g/mol. The van der Waals surface area contributed by atoms with E-state index in [-0.39, 0.29) is 24.9 Å². The smallest absolute Gasteiger partial charge is 0.408 e. The van der Waals surface area contributed by atoms with E-state index in [4.69, 9.17) is 16.0 Å². The maximum Gasteiger partial charge on any atom is 0.420 e. The molecular weight excluding hydrogens is 334 g/mol. The van der Waals surface area contributed by atoms with Gasteiger partial charge in [-0.15, -0.1) is 0 Å². The number of hydrogen-bond acceptors (Lipinski definition) is 4. The zero-order valence-corrected chi connectivity index (χ0v) is 14.7. The van der Waals surface area contributed by atoms with Crippen molar-refractivity contribution in [2.24, 2.45) is 0 Å². The van der Waals surface area contributed by atoms with Gasteiger partial charge in [0.1, 0.15) is 6.54 Å². The van der Waals surface area contributed by atoms with Gasteiger partial charge in [-0.3, -0.25) is 14.2 Å². The summed E-state index contributed by atoms with van der Waals surface area (Å²) in [6.07, 6.45) is 0. The number of aromatic nitrogens is 1. The lowest BCUT2D eigenvalue weighted by Crippen LogP contribution is -2.42. The Labute approximate surface area is 144 Å². The summed E-state index contributed by atoms with van der Waals surface area (Å²) in [6, 6.07) is 4.76. The fraction of sp³-hybridized carbons (Fsp3) is 0.438. The molecule has 1 aromatic heterocycles. The monoisotopic (exact) mass is 353 g/mol. The number of amides is 2. The number of fused-ring (bicyclic) bond motifs is 1. The first kappa shape index (κ1) is 18.1. The first-order valence-electron chi connectivity index (χ1n) is 7.68. The molecule has 1 heterocycles. The second-order valence-corrected chi connectivity index (χ2v) is 5.82. The third-order valence-corrected chi connectivity index (χ3v) is 4.07. The van der Waals surface area contributed by atoms with Gasteiger partial charge in [0.25, 0.3) is 0 Å². The molecule has 0 unspecified atom stereocenters. The Morgan fingerprint density at radius 2 is 1.88 bits per heavy atom. The first-order chi connectivity index (χ1) is 11.4. The van der Waals surface area contributed by atoms with Gasteiger partial charge in [-0.05, 0) is 26.0 Å². The zero-order valence-electron chi connectivity index (χ0n) is 13.9. The van der Waals surface area contributed by atoms with Gasteiger partial charge in [0.15, 0.2) is 5.58 Å². The molecule has 0 aliphatic carbocycles. The Kier molecular flexibility index (Phi) is 5.66. The summed E-state index contributed by atoms with van der Waals surface area (Å²) in [5, 5.41) is 0.441. The maximum absolute atomic E-state index is 12.3. The van der Waals surface area contributed by atoms with Crippen LogP contribution in [0.15, 0.2) is 27.4 Å². The van der Waals surface area contributed by atoms with Crippen LogP contribution in [0.3, 0.4) is 0 Å². The molecule has 24 heavy (non-hydrogen) atoms. The van der Waals surface area contributed by atoms with Gasteiger partial charge in [0.05, 0.1) is 12.1 Å². The second kappa shape index (κ2) is 7.53. The third-order valence-electron chi connectivity index (χ3n) is 3.84. The van der Waals surface area contributed by atoms with E-state index in [0.29, 0.717) is 29.2 Å². The Hall–Kier alpha value is -2.28. The van der Waals surface area contributed by atoms with Gasteiger partial charge in [-0.1, -0.05) is 11.6 Å². The minimum atomic E-state index is -0.635. The van der Waals surface area contributed by atoms with Crippen LogP contribution < -0.4 is 5.76 Å². The van der Waals surface area contributed by atoms with Crippen LogP contribution in [-0.2, 0) is 16.1 Å². The van der Waals surface area contributed by atoms with E-state index in [1.807, 2.05) is 13.8 Å². The number of nitrogens with zero attached hydrogens (tertiary/aromatic N) is 3. The van der Waals surface area contributed by atoms with Crippen molar-refractivity contribution in [1.82, 2.24) is 14.4 Å². The molecule has 8 heteroatoms. The van der Waals surface area contributed by atoms with Crippen LogP contribution in [0.1, 0.15) is 13.8 Å². The van der Waals surface area contributed by atoms with Gasteiger partial charge in [0.2, 0.25) is 11.8 Å². The summed E-state index contributed by atoms with van der Waals surface area (Å²) in [6.45, 7) is 4.71. The van der Waals surface area contributed by atoms with Crippen molar-refractivity contribution in [3.05, 3.63) is 33.8 Å². The van der Waals surface area contributed by atoms with E-state index in [9.17, 15) is 14.4 Å². The van der Waals surface area contributed by atoms with Crippen molar-refractivity contribution in [3.8, 4) is 0 Å². The van der Waals surface area contributed by atoms with E-state index in [1.54, 1.807) is 17.0 Å². The molecule has 130 valence electrons. The Bertz CT molecular complexity index is 807. The molecule has 0 aliphatic heterocycles. The highest BCUT2D eigenvalue weighted by Gasteiger charge is 2.19. The zero-order chi connectivity index (χ0) is 17.9. The molecule has 0 spiro atoms. The van der Waals surface area contributed by atoms with E-state index in [0.717, 1.165) is 0 Å². The number of halogens is 1. The highest BCUT2D eigenvalue weighted by Crippen LogP contribution is 2.18. The summed E-state index contributed by atoms with van der Waals surface area (Å²) < 4.78 is 6.32. The van der Waals surface area contributed by atoms with E-state index in [2.05, 4.69) is 0 Å². The Morgan fingerprint density at radius 1 is 1.21 bits per heavy atom. The van der Waals surface area contributed by atoms with Crippen LogP contribution in [0, 0.1) is 0 Å². The molecule has 0 fully saturated rings. The number of rotatable bonds is 6. The lowest BCUT2D eigenvalue weighted by atomic mass is 10.3. The largest absolute Gasteiger partial charge is 0.420 e. The molecule has 0 atom stereocenters. The molecule has 0 N–H and O–H groups in total. The highest BCUT2D eigenvalue weighted by atomic mass is 35.5. The fourth-order valence-corrected chi connectivity index (χ4v) is 2.58. The summed E-state index contributed by atoms with van der Waals surface area (Å²) in [5.41, 5.74) is 0.809. The van der Waals surface area contributed by atoms with Gasteiger partial charge in [-0.2, -0.15) is 0 Å². The van der Waals surface area contributed by atoms with Gasteiger partial charge >= 0.3 is 5.76 Å². The van der Waals surface area contributed by atoms with Crippen molar-refractivity contribution in [2.75, 3.05) is 26.7 Å². The van der Waals surface area contributed by atoms with E-state index < -0.39 is 5.76 Å². The van der Waals surface area contributed by atoms with Gasteiger partial charge < -0.3 is 14.2 Å². The summed E-state index contributed by atoms with van der Waals surface area (Å²) in [4.78, 5) is 39.3. The van der Waals surface area contributed by atoms with Crippen LogP contribution in [0.4, 0.5) is 0 Å². The predicted octanol–water partition coefficient (Wildman–Crippen LogP) is 1.57. The lowest BCUT2D eigenvalue weighted by Gasteiger charge is -2.23. The molecule has 0 saturated heterocycles. The lowest BCUT2D eigenvalue weighted by molar-refractivity contribution is -0.139. The SMILES string of the molecule is CCN(CC)C(=O)CN(C)C(=O)Cn1c(=O)oc2cc(Cl)ccc21. The molecule has 0 saturated carbocycles. The molecule has 2 aromatic rings. The first-order valence-corrected chi connectivity index (χ1v) is 8.05. The van der Waals surface area contributed by atoms with Crippen molar-refractivity contribution >= 4 is 34.5 Å². The summed E-state index contributed by atoms with van der Waals surface area (Å²) in [5.74, 6) is -1.12. The number of likely N-dealkylation sites (N-methyl/N-ethyl adjacent to an activating group) is 2. The van der Waals surface area contributed by atoms with Crippen LogP contribution in [0.25, 0.3) is 11.1 Å². The van der Waals surface area contributed by atoms with Gasteiger partial charge in [0, 0.05) is 31.2 Å². The standard InChI is InChI=1S/C16H20ClN3O4/c1-4-19(5-2)15(22)9-18(3)14(21)10-20-12-7-6-11(17)8-13(12)24-16(20)23/h6-8H,4-5,9-10H2,1-3H3. The molecule has 0 aliphatic rings. The average Bonchev–Trinajstić information content (AvgIpc) is 2.83. The number of hydrogen-bond donors (Lipinski definition) is 0. The number of carbonyl (C=O) groups is 2. The van der Waals surface area contributed by atoms with E-state index >= 15 is 0 Å². The molecule has 2 amide bonds. The quantitative estimate of drug-likeness (QED) is 0.790. The molecular formula is C16H20ClN3O4. The van der Waals surface area contributed by atoms with Crippen molar-refractivity contribution in [1.29, 1.82) is 0 Å². The van der Waals surface area contributed by atoms with Crippen molar-refractivity contribution in [2.45, 2.75) is 20.4 Å². The molecule has 7 nitrogen and oxygen atoms in total. The van der Waals surface area contributed by atoms with Gasteiger partial charge in [-0.25, -0.2) is 4.79 Å². The minimum absolute atomic E-state index is 0.0309. The number of carbonyl (C=O) groups excluding carboxylic acids is 2. The number of oxazole rings is 1.